The molecule has 0 bridgehead atoms. The third-order valence-corrected chi connectivity index (χ3v) is 13.6. The van der Waals surface area contributed by atoms with E-state index in [-0.39, 0.29) is 23.7 Å². The minimum absolute atomic E-state index is 0.145. The van der Waals surface area contributed by atoms with E-state index in [9.17, 15) is 14.7 Å². The van der Waals surface area contributed by atoms with Crippen molar-refractivity contribution >= 4 is 17.5 Å². The summed E-state index contributed by atoms with van der Waals surface area (Å²) in [5.74, 6) is 1.31. The normalized spacial score (nSPS) is 24.5. The molecule has 1 unspecified atom stereocenters. The van der Waals surface area contributed by atoms with E-state index in [1.165, 1.54) is 84.4 Å². The van der Waals surface area contributed by atoms with Gasteiger partial charge in [0.25, 0.3) is 0 Å². The molecule has 0 aromatic heterocycles. The lowest BCUT2D eigenvalue weighted by Crippen LogP contribution is -2.48. The van der Waals surface area contributed by atoms with Gasteiger partial charge in [0, 0.05) is 56.8 Å². The highest BCUT2D eigenvalue weighted by atomic mass is 16.3. The smallest absolute Gasteiger partial charge is 0.234 e. The summed E-state index contributed by atoms with van der Waals surface area (Å²) in [6.45, 7) is 7.89. The Morgan fingerprint density at radius 3 is 2.20 bits per heavy atom. The summed E-state index contributed by atoms with van der Waals surface area (Å²) in [7, 11) is 0. The van der Waals surface area contributed by atoms with Gasteiger partial charge >= 0.3 is 0 Å². The van der Waals surface area contributed by atoms with Crippen LogP contribution in [0.25, 0.3) is 0 Å². The molecule has 3 atom stereocenters. The van der Waals surface area contributed by atoms with Crippen LogP contribution in [-0.2, 0) is 29.0 Å². The van der Waals surface area contributed by atoms with Crippen LogP contribution in [0, 0.1) is 5.92 Å². The quantitative estimate of drug-likeness (QED) is 0.193. The Morgan fingerprint density at radius 1 is 0.648 bits per heavy atom. The highest BCUT2D eigenvalue weighted by molar-refractivity contribution is 6.00. The number of aromatic hydroxyl groups is 1. The van der Waals surface area contributed by atoms with E-state index in [4.69, 9.17) is 0 Å². The predicted octanol–water partition coefficient (Wildman–Crippen LogP) is 7.51. The van der Waals surface area contributed by atoms with Gasteiger partial charge in [0.2, 0.25) is 11.8 Å². The van der Waals surface area contributed by atoms with E-state index >= 15 is 0 Å². The lowest BCUT2D eigenvalue weighted by molar-refractivity contribution is -0.134. The summed E-state index contributed by atoms with van der Waals surface area (Å²) < 4.78 is 0. The summed E-state index contributed by atoms with van der Waals surface area (Å²) in [5, 5.41) is 12.8. The van der Waals surface area contributed by atoms with Crippen LogP contribution in [0.15, 0.2) is 91.0 Å². The maximum absolute atomic E-state index is 12.5. The SMILES string of the molecule is O=C1CCC(c2ccc3c(c2)CN(C2CCN(CC4CCN(c5ccc([C@H]6c7ccc(O)cc7CC[C@H]6c6ccccc6)cc5)CC4)CC2)CC3)C(=O)N1. The molecule has 4 aliphatic heterocycles. The fourth-order valence-corrected chi connectivity index (χ4v) is 10.5. The second-order valence-electron chi connectivity index (χ2n) is 16.7. The number of nitrogens with zero attached hydrogens (tertiary/aromatic N) is 3. The maximum atomic E-state index is 12.5. The number of fused-ring (bicyclic) bond motifs is 2. The Hall–Kier alpha value is -4.46. The molecule has 4 aromatic rings. The number of imide groups is 1. The Labute approximate surface area is 320 Å². The van der Waals surface area contributed by atoms with Gasteiger partial charge in [-0.1, -0.05) is 66.7 Å². The molecule has 1 aliphatic carbocycles. The van der Waals surface area contributed by atoms with Crippen LogP contribution >= 0.6 is 0 Å². The van der Waals surface area contributed by atoms with Gasteiger partial charge in [-0.15, -0.1) is 0 Å². The Bertz CT molecular complexity index is 1960. The van der Waals surface area contributed by atoms with Gasteiger partial charge in [0.05, 0.1) is 5.92 Å². The molecule has 3 saturated heterocycles. The fourth-order valence-electron chi connectivity index (χ4n) is 10.5. The molecule has 4 aromatic carbocycles. The van der Waals surface area contributed by atoms with Crippen molar-refractivity contribution in [3.63, 3.8) is 0 Å². The molecular formula is C47H54N4O3. The lowest BCUT2D eigenvalue weighted by atomic mass is 9.69. The summed E-state index contributed by atoms with van der Waals surface area (Å²) in [4.78, 5) is 32.2. The average molecular weight is 723 g/mol. The zero-order valence-corrected chi connectivity index (χ0v) is 31.5. The van der Waals surface area contributed by atoms with E-state index in [1.807, 2.05) is 12.1 Å². The highest BCUT2D eigenvalue weighted by Gasteiger charge is 2.34. The second kappa shape index (κ2) is 15.3. The van der Waals surface area contributed by atoms with E-state index in [0.29, 0.717) is 30.6 Å². The van der Waals surface area contributed by atoms with E-state index in [0.717, 1.165) is 56.9 Å². The largest absolute Gasteiger partial charge is 0.508 e. The van der Waals surface area contributed by atoms with Gasteiger partial charge in [-0.3, -0.25) is 19.8 Å². The van der Waals surface area contributed by atoms with Gasteiger partial charge in [-0.05, 0) is 140 Å². The number of piperidine rings is 3. The number of nitrogens with one attached hydrogen (secondary N) is 1. The molecule has 2 amide bonds. The van der Waals surface area contributed by atoms with Crippen molar-refractivity contribution in [3.8, 4) is 5.75 Å². The number of benzene rings is 4. The number of likely N-dealkylation sites (tertiary alicyclic amines) is 1. The van der Waals surface area contributed by atoms with E-state index in [2.05, 4.69) is 98.9 Å². The first-order chi connectivity index (χ1) is 26.4. The van der Waals surface area contributed by atoms with Gasteiger partial charge in [-0.25, -0.2) is 0 Å². The number of rotatable bonds is 7. The fraction of sp³-hybridized carbons (Fsp3) is 0.447. The molecular weight excluding hydrogens is 669 g/mol. The van der Waals surface area contributed by atoms with Gasteiger partial charge < -0.3 is 14.9 Å². The van der Waals surface area contributed by atoms with E-state index < -0.39 is 0 Å². The molecule has 3 fully saturated rings. The minimum atomic E-state index is -0.213. The zero-order chi connectivity index (χ0) is 36.6. The molecule has 9 rings (SSSR count). The zero-order valence-electron chi connectivity index (χ0n) is 31.5. The van der Waals surface area contributed by atoms with Crippen molar-refractivity contribution in [3.05, 3.63) is 130 Å². The van der Waals surface area contributed by atoms with E-state index in [1.54, 1.807) is 0 Å². The summed E-state index contributed by atoms with van der Waals surface area (Å²) >= 11 is 0. The van der Waals surface area contributed by atoms with Crippen LogP contribution in [0.2, 0.25) is 0 Å². The Kier molecular flexibility index (Phi) is 10.0. The first kappa shape index (κ1) is 35.3. The number of phenolic OH excluding ortho intramolecular Hbond substituents is 1. The molecule has 5 aliphatic rings. The van der Waals surface area contributed by atoms with Crippen LogP contribution in [0.3, 0.4) is 0 Å². The van der Waals surface area contributed by atoms with Crippen LogP contribution in [0.1, 0.15) is 102 Å². The molecule has 0 spiro atoms. The number of hydrogen-bond donors (Lipinski definition) is 2. The standard InChI is InChI=1S/C47H54N4O3/c52-41-13-15-43-37(29-41)10-14-42(34-4-2-1-3-5-34)46(43)35-8-11-39(12-9-35)50-25-18-32(19-26-50)30-49-23-21-40(22-24-49)51-27-20-33-6-7-36(28-38(33)31-51)44-16-17-45(53)48-47(44)54/h1-9,11-13,15,28-29,32,40,42,44,46,52H,10,14,16-27,30-31H2,(H,48,53,54)/t42-,44?,46+/m0/s1. The maximum Gasteiger partial charge on any atom is 0.234 e. The number of carbonyl (C=O) groups excluding carboxylic acids is 2. The molecule has 0 radical (unpaired) electrons. The third kappa shape index (κ3) is 7.33. The second-order valence-corrected chi connectivity index (χ2v) is 16.7. The van der Waals surface area contributed by atoms with Gasteiger partial charge in [-0.2, -0.15) is 0 Å². The molecule has 0 saturated carbocycles. The Morgan fingerprint density at radius 2 is 1.43 bits per heavy atom. The van der Waals surface area contributed by atoms with Gasteiger partial charge in [0.1, 0.15) is 5.75 Å². The monoisotopic (exact) mass is 722 g/mol. The third-order valence-electron chi connectivity index (χ3n) is 13.6. The van der Waals surface area contributed by atoms with Crippen molar-refractivity contribution in [1.29, 1.82) is 0 Å². The molecule has 2 N–H and O–H groups in total. The molecule has 7 heteroatoms. The number of aryl methyl sites for hydroxylation is 1. The number of hydrogen-bond acceptors (Lipinski definition) is 6. The van der Waals surface area contributed by atoms with Crippen molar-refractivity contribution in [2.75, 3.05) is 44.2 Å². The highest BCUT2D eigenvalue weighted by Crippen LogP contribution is 2.47. The minimum Gasteiger partial charge on any atom is -0.508 e. The molecule has 4 heterocycles. The molecule has 54 heavy (non-hydrogen) atoms. The van der Waals surface area contributed by atoms with Crippen LogP contribution < -0.4 is 10.2 Å². The predicted molar refractivity (Wildman–Crippen MR) is 214 cm³/mol. The van der Waals surface area contributed by atoms with Crippen molar-refractivity contribution in [1.82, 2.24) is 15.1 Å². The summed E-state index contributed by atoms with van der Waals surface area (Å²) in [6.07, 6.45) is 9.13. The molecule has 280 valence electrons. The first-order valence-corrected chi connectivity index (χ1v) is 20.6. The topological polar surface area (TPSA) is 76.1 Å². The van der Waals surface area contributed by atoms with Crippen molar-refractivity contribution < 1.29 is 14.7 Å². The number of phenols is 1. The Balaban J connectivity index is 0.771. The summed E-state index contributed by atoms with van der Waals surface area (Å²) in [5.41, 5.74) is 10.6. The first-order valence-electron chi connectivity index (χ1n) is 20.6. The van der Waals surface area contributed by atoms with Gasteiger partial charge in [0.15, 0.2) is 0 Å². The number of anilines is 1. The van der Waals surface area contributed by atoms with Crippen molar-refractivity contribution in [2.45, 2.75) is 88.1 Å². The lowest BCUT2D eigenvalue weighted by Gasteiger charge is -2.42. The van der Waals surface area contributed by atoms with Crippen LogP contribution in [0.4, 0.5) is 5.69 Å². The van der Waals surface area contributed by atoms with Crippen LogP contribution in [0.5, 0.6) is 5.75 Å². The molecule has 7 nitrogen and oxygen atoms in total. The number of amides is 2. The number of carbonyl (C=O) groups is 2. The summed E-state index contributed by atoms with van der Waals surface area (Å²) in [6, 6.07) is 33.6. The van der Waals surface area contributed by atoms with Crippen molar-refractivity contribution in [2.24, 2.45) is 5.92 Å². The average Bonchev–Trinajstić information content (AvgIpc) is 3.21. The van der Waals surface area contributed by atoms with Crippen LogP contribution in [-0.4, -0.2) is 72.0 Å².